The molecule has 8 nitrogen and oxygen atoms in total. The van der Waals surface area contributed by atoms with Crippen molar-refractivity contribution in [3.05, 3.63) is 77.6 Å². The number of nitrogens with one attached hydrogen (secondary N) is 2. The van der Waals surface area contributed by atoms with Crippen LogP contribution in [0.15, 0.2) is 59.8 Å². The smallest absolute Gasteiger partial charge is 0.262 e. The molecule has 0 unspecified atom stereocenters. The lowest BCUT2D eigenvalue weighted by molar-refractivity contribution is 0.103. The molecular formula is C21H15F2N3O5S. The molecule has 32 heavy (non-hydrogen) atoms. The molecule has 2 aromatic heterocycles. The van der Waals surface area contributed by atoms with Crippen LogP contribution in [0.1, 0.15) is 15.9 Å². The number of anilines is 1. The van der Waals surface area contributed by atoms with Crippen LogP contribution < -0.4 is 9.46 Å². The molecule has 0 aliphatic heterocycles. The highest BCUT2D eigenvalue weighted by molar-refractivity contribution is 7.92. The first kappa shape index (κ1) is 21.2. The van der Waals surface area contributed by atoms with Crippen molar-refractivity contribution in [2.45, 2.75) is 4.90 Å². The summed E-state index contributed by atoms with van der Waals surface area (Å²) in [6, 6.07) is 8.02. The van der Waals surface area contributed by atoms with Gasteiger partial charge in [-0.1, -0.05) is 0 Å². The molecule has 0 aliphatic rings. The number of halogens is 2. The van der Waals surface area contributed by atoms with E-state index in [0.29, 0.717) is 11.0 Å². The summed E-state index contributed by atoms with van der Waals surface area (Å²) in [7, 11) is -3.09. The summed E-state index contributed by atoms with van der Waals surface area (Å²) < 4.78 is 61.7. The van der Waals surface area contributed by atoms with Gasteiger partial charge in [-0.05, 0) is 36.4 Å². The number of sulfonamides is 1. The molecule has 2 aromatic carbocycles. The van der Waals surface area contributed by atoms with Gasteiger partial charge in [0.15, 0.2) is 17.3 Å². The Morgan fingerprint density at radius 1 is 1.19 bits per heavy atom. The van der Waals surface area contributed by atoms with Crippen molar-refractivity contribution in [3.63, 3.8) is 0 Å². The number of methoxy groups -OCH3 is 1. The van der Waals surface area contributed by atoms with Crippen LogP contribution in [0.2, 0.25) is 0 Å². The van der Waals surface area contributed by atoms with Crippen LogP contribution in [0.5, 0.6) is 11.5 Å². The number of hydrogen-bond acceptors (Lipinski definition) is 6. The van der Waals surface area contributed by atoms with E-state index in [1.165, 1.54) is 25.6 Å². The minimum Gasteiger partial charge on any atom is -0.504 e. The van der Waals surface area contributed by atoms with Gasteiger partial charge in [-0.2, -0.15) is 0 Å². The van der Waals surface area contributed by atoms with Gasteiger partial charge in [-0.3, -0.25) is 9.52 Å². The van der Waals surface area contributed by atoms with Gasteiger partial charge in [0.05, 0.1) is 23.3 Å². The van der Waals surface area contributed by atoms with E-state index in [4.69, 9.17) is 4.74 Å². The molecule has 0 aliphatic carbocycles. The van der Waals surface area contributed by atoms with E-state index in [2.05, 4.69) is 9.97 Å². The fourth-order valence-electron chi connectivity index (χ4n) is 3.16. The van der Waals surface area contributed by atoms with Crippen molar-refractivity contribution >= 4 is 32.5 Å². The minimum absolute atomic E-state index is 0.0222. The van der Waals surface area contributed by atoms with Crippen molar-refractivity contribution in [3.8, 4) is 11.5 Å². The number of fused-ring (bicyclic) bond motifs is 1. The van der Waals surface area contributed by atoms with Crippen LogP contribution in [0, 0.1) is 11.6 Å². The molecule has 164 valence electrons. The van der Waals surface area contributed by atoms with E-state index in [1.807, 2.05) is 4.72 Å². The quantitative estimate of drug-likeness (QED) is 0.379. The number of aromatic nitrogens is 2. The fraction of sp³-hybridized carbons (Fsp3) is 0.0476. The number of phenols is 1. The predicted molar refractivity (Wildman–Crippen MR) is 111 cm³/mol. The third-order valence-electron chi connectivity index (χ3n) is 4.72. The van der Waals surface area contributed by atoms with Gasteiger partial charge < -0.3 is 14.8 Å². The highest BCUT2D eigenvalue weighted by Crippen LogP contribution is 2.31. The number of nitrogens with zero attached hydrogens (tertiary/aromatic N) is 1. The number of ether oxygens (including phenoxy) is 1. The van der Waals surface area contributed by atoms with Crippen molar-refractivity contribution in [2.24, 2.45) is 0 Å². The maximum Gasteiger partial charge on any atom is 0.262 e. The van der Waals surface area contributed by atoms with Gasteiger partial charge in [0.1, 0.15) is 11.5 Å². The van der Waals surface area contributed by atoms with E-state index < -0.39 is 49.3 Å². The summed E-state index contributed by atoms with van der Waals surface area (Å²) in [5.74, 6) is -3.93. The monoisotopic (exact) mass is 459 g/mol. The van der Waals surface area contributed by atoms with Crippen LogP contribution in [-0.2, 0) is 10.0 Å². The minimum atomic E-state index is -4.38. The van der Waals surface area contributed by atoms with Crippen LogP contribution in [-0.4, -0.2) is 36.4 Å². The summed E-state index contributed by atoms with van der Waals surface area (Å²) >= 11 is 0. The van der Waals surface area contributed by atoms with Crippen molar-refractivity contribution < 1.29 is 31.8 Å². The van der Waals surface area contributed by atoms with E-state index in [9.17, 15) is 22.7 Å². The van der Waals surface area contributed by atoms with Gasteiger partial charge in [0, 0.05) is 29.4 Å². The highest BCUT2D eigenvalue weighted by atomic mass is 32.2. The zero-order valence-electron chi connectivity index (χ0n) is 16.4. The number of ketones is 1. The Bertz CT molecular complexity index is 1470. The number of carbonyl (C=O) groups is 1. The summed E-state index contributed by atoms with van der Waals surface area (Å²) in [6.45, 7) is 0. The molecule has 0 atom stereocenters. The number of hydrogen-bond donors (Lipinski definition) is 3. The number of benzene rings is 2. The van der Waals surface area contributed by atoms with Gasteiger partial charge >= 0.3 is 0 Å². The lowest BCUT2D eigenvalue weighted by Gasteiger charge is -2.12. The van der Waals surface area contributed by atoms with Crippen molar-refractivity contribution in [2.75, 3.05) is 11.8 Å². The second-order valence-corrected chi connectivity index (χ2v) is 8.34. The van der Waals surface area contributed by atoms with E-state index >= 15 is 4.39 Å². The highest BCUT2D eigenvalue weighted by Gasteiger charge is 2.26. The van der Waals surface area contributed by atoms with Gasteiger partial charge in [0.25, 0.3) is 10.0 Å². The number of aromatic amines is 1. The van der Waals surface area contributed by atoms with Gasteiger partial charge in [-0.25, -0.2) is 22.2 Å². The van der Waals surface area contributed by atoms with Crippen LogP contribution in [0.3, 0.4) is 0 Å². The second kappa shape index (κ2) is 7.93. The normalized spacial score (nSPS) is 11.5. The molecule has 0 fully saturated rings. The summed E-state index contributed by atoms with van der Waals surface area (Å²) in [5.41, 5.74) is -1.23. The number of phenolic OH excluding ortho intramolecular Hbond substituents is 1. The summed E-state index contributed by atoms with van der Waals surface area (Å²) in [5, 5.41) is 10.2. The predicted octanol–water partition coefficient (Wildman–Crippen LogP) is 3.59. The second-order valence-electron chi connectivity index (χ2n) is 6.65. The number of aromatic hydroxyl groups is 1. The molecule has 11 heteroatoms. The number of H-pyrrole nitrogens is 1. The van der Waals surface area contributed by atoms with Gasteiger partial charge in [-0.15, -0.1) is 0 Å². The first-order valence-corrected chi connectivity index (χ1v) is 10.6. The first-order chi connectivity index (χ1) is 15.2. The Kier molecular flexibility index (Phi) is 5.26. The Morgan fingerprint density at radius 3 is 2.69 bits per heavy atom. The van der Waals surface area contributed by atoms with E-state index in [-0.39, 0.29) is 11.3 Å². The number of pyridine rings is 1. The molecule has 4 rings (SSSR count). The maximum atomic E-state index is 15.1. The molecule has 3 N–H and O–H groups in total. The maximum absolute atomic E-state index is 15.1. The summed E-state index contributed by atoms with van der Waals surface area (Å²) in [4.78, 5) is 19.3. The Morgan fingerprint density at radius 2 is 1.97 bits per heavy atom. The fourth-order valence-corrected chi connectivity index (χ4v) is 4.24. The molecule has 4 aromatic rings. The molecule has 0 amide bonds. The molecule has 0 saturated heterocycles. The number of rotatable bonds is 6. The lowest BCUT2D eigenvalue weighted by Crippen LogP contribution is -2.16. The Hall–Kier alpha value is -3.99. The standard InChI is InChI=1S/C21H15F2N3O5S/c1-31-17-7-4-11(9-16(17)27)32(29,30)26-15-6-5-14(22)18(19(15)23)20(28)13-10-25-21-12(13)3-2-8-24-21/h2-10,26-27H,1H3,(H,24,25). The molecule has 0 spiro atoms. The zero-order valence-corrected chi connectivity index (χ0v) is 17.2. The SMILES string of the molecule is COc1ccc(S(=O)(=O)Nc2ccc(F)c(C(=O)c3c[nH]c4ncccc34)c2F)cc1O. The average Bonchev–Trinajstić information content (AvgIpc) is 3.20. The van der Waals surface area contributed by atoms with E-state index in [1.54, 1.807) is 12.1 Å². The summed E-state index contributed by atoms with van der Waals surface area (Å²) in [6.07, 6.45) is 2.76. The zero-order chi connectivity index (χ0) is 23.0. The van der Waals surface area contributed by atoms with Crippen LogP contribution in [0.25, 0.3) is 11.0 Å². The van der Waals surface area contributed by atoms with E-state index in [0.717, 1.165) is 24.3 Å². The Balaban J connectivity index is 1.74. The third-order valence-corrected chi connectivity index (χ3v) is 6.08. The molecule has 0 saturated carbocycles. The topological polar surface area (TPSA) is 121 Å². The van der Waals surface area contributed by atoms with Crippen molar-refractivity contribution in [1.29, 1.82) is 0 Å². The largest absolute Gasteiger partial charge is 0.504 e. The van der Waals surface area contributed by atoms with Crippen LogP contribution >= 0.6 is 0 Å². The molecule has 0 bridgehead atoms. The molecular weight excluding hydrogens is 444 g/mol. The first-order valence-electron chi connectivity index (χ1n) is 9.07. The molecule has 2 heterocycles. The number of carbonyl (C=O) groups excluding carboxylic acids is 1. The van der Waals surface area contributed by atoms with Crippen LogP contribution in [0.4, 0.5) is 14.5 Å². The van der Waals surface area contributed by atoms with Gasteiger partial charge in [0.2, 0.25) is 5.78 Å². The lowest BCUT2D eigenvalue weighted by atomic mass is 10.0. The molecule has 0 radical (unpaired) electrons. The third kappa shape index (κ3) is 3.62. The van der Waals surface area contributed by atoms with Crippen molar-refractivity contribution in [1.82, 2.24) is 9.97 Å². The average molecular weight is 459 g/mol. The Labute approximate surface area is 180 Å².